The van der Waals surface area contributed by atoms with Crippen molar-refractivity contribution in [3.05, 3.63) is 59.7 Å². The molecule has 0 saturated heterocycles. The maximum absolute atomic E-state index is 11.9. The second-order valence-electron chi connectivity index (χ2n) is 4.14. The molecule has 0 saturated carbocycles. The molecule has 0 unspecified atom stereocenters. The van der Waals surface area contributed by atoms with Crippen LogP contribution in [0.5, 0.6) is 5.75 Å². The zero-order valence-corrected chi connectivity index (χ0v) is 10.4. The summed E-state index contributed by atoms with van der Waals surface area (Å²) in [7, 11) is 0. The van der Waals surface area contributed by atoms with Crippen LogP contribution in [-0.4, -0.2) is 16.8 Å². The summed E-state index contributed by atoms with van der Waals surface area (Å²) in [6.45, 7) is 1.47. The summed E-state index contributed by atoms with van der Waals surface area (Å²) >= 11 is 0. The third-order valence-electron chi connectivity index (χ3n) is 2.64. The number of hydrogen-bond acceptors (Lipinski definition) is 3. The number of carbonyl (C=O) groups is 2. The normalized spacial score (nSPS) is 9.95. The minimum atomic E-state index is -0.336. The number of ketones is 1. The molecule has 0 fully saturated rings. The van der Waals surface area contributed by atoms with E-state index < -0.39 is 0 Å². The fourth-order valence-electron chi connectivity index (χ4n) is 1.67. The van der Waals surface area contributed by atoms with Gasteiger partial charge in [-0.2, -0.15) is 0 Å². The molecule has 96 valence electrons. The van der Waals surface area contributed by atoms with Crippen molar-refractivity contribution in [2.75, 3.05) is 5.32 Å². The standard InChI is InChI=1S/C15H13NO3/c1-10(17)11-4-2-6-13(8-11)16-15(19)12-5-3-7-14(18)9-12/h2-9,18H,1H3,(H,16,19). The van der Waals surface area contributed by atoms with Gasteiger partial charge < -0.3 is 10.4 Å². The van der Waals surface area contributed by atoms with Crippen LogP contribution in [0, 0.1) is 0 Å². The lowest BCUT2D eigenvalue weighted by atomic mass is 10.1. The van der Waals surface area contributed by atoms with Crippen molar-refractivity contribution in [2.24, 2.45) is 0 Å². The number of amides is 1. The van der Waals surface area contributed by atoms with E-state index in [0.717, 1.165) is 0 Å². The number of rotatable bonds is 3. The molecule has 2 aromatic rings. The third kappa shape index (κ3) is 3.19. The minimum absolute atomic E-state index is 0.0325. The van der Waals surface area contributed by atoms with Gasteiger partial charge in [-0.25, -0.2) is 0 Å². The van der Waals surface area contributed by atoms with Crippen LogP contribution in [0.1, 0.15) is 27.6 Å². The van der Waals surface area contributed by atoms with Gasteiger partial charge in [-0.1, -0.05) is 18.2 Å². The van der Waals surface area contributed by atoms with Crippen LogP contribution in [0.3, 0.4) is 0 Å². The Morgan fingerprint density at radius 1 is 1.00 bits per heavy atom. The minimum Gasteiger partial charge on any atom is -0.508 e. The van der Waals surface area contributed by atoms with E-state index in [1.807, 2.05) is 0 Å². The second-order valence-corrected chi connectivity index (χ2v) is 4.14. The lowest BCUT2D eigenvalue weighted by Crippen LogP contribution is -2.12. The molecule has 2 rings (SSSR count). The van der Waals surface area contributed by atoms with Crippen LogP contribution < -0.4 is 5.32 Å². The number of phenols is 1. The molecule has 19 heavy (non-hydrogen) atoms. The van der Waals surface area contributed by atoms with Gasteiger partial charge in [-0.05, 0) is 37.3 Å². The van der Waals surface area contributed by atoms with E-state index >= 15 is 0 Å². The van der Waals surface area contributed by atoms with Gasteiger partial charge in [-0.3, -0.25) is 9.59 Å². The first kappa shape index (κ1) is 12.8. The van der Waals surface area contributed by atoms with Gasteiger partial charge in [0.1, 0.15) is 5.75 Å². The zero-order valence-electron chi connectivity index (χ0n) is 10.4. The first-order chi connectivity index (χ1) is 9.06. The molecule has 0 atom stereocenters. The topological polar surface area (TPSA) is 66.4 Å². The number of carbonyl (C=O) groups excluding carboxylic acids is 2. The Hall–Kier alpha value is -2.62. The summed E-state index contributed by atoms with van der Waals surface area (Å²) in [6.07, 6.45) is 0. The highest BCUT2D eigenvalue weighted by atomic mass is 16.3. The molecule has 0 aromatic heterocycles. The number of anilines is 1. The van der Waals surface area contributed by atoms with Crippen LogP contribution in [0.2, 0.25) is 0 Å². The monoisotopic (exact) mass is 255 g/mol. The molecule has 2 N–H and O–H groups in total. The van der Waals surface area contributed by atoms with E-state index in [0.29, 0.717) is 16.8 Å². The molecule has 4 heteroatoms. The molecule has 0 spiro atoms. The van der Waals surface area contributed by atoms with E-state index in [4.69, 9.17) is 0 Å². The van der Waals surface area contributed by atoms with Gasteiger partial charge in [0, 0.05) is 16.8 Å². The van der Waals surface area contributed by atoms with Crippen molar-refractivity contribution < 1.29 is 14.7 Å². The first-order valence-corrected chi connectivity index (χ1v) is 5.77. The Kier molecular flexibility index (Phi) is 3.61. The molecule has 2 aromatic carbocycles. The Morgan fingerprint density at radius 3 is 2.37 bits per heavy atom. The number of nitrogens with one attached hydrogen (secondary N) is 1. The lowest BCUT2D eigenvalue weighted by Gasteiger charge is -2.06. The van der Waals surface area contributed by atoms with Crippen LogP contribution in [-0.2, 0) is 0 Å². The molecular weight excluding hydrogens is 242 g/mol. The molecule has 1 amide bonds. The maximum Gasteiger partial charge on any atom is 0.255 e. The van der Waals surface area contributed by atoms with E-state index in [1.165, 1.54) is 19.1 Å². The third-order valence-corrected chi connectivity index (χ3v) is 2.64. The van der Waals surface area contributed by atoms with Crippen LogP contribution >= 0.6 is 0 Å². The largest absolute Gasteiger partial charge is 0.508 e. The number of Topliss-reactive ketones (excluding diaryl/α,β-unsaturated/α-hetero) is 1. The Bertz CT molecular complexity index is 635. The molecule has 0 aliphatic rings. The Morgan fingerprint density at radius 2 is 1.68 bits per heavy atom. The summed E-state index contributed by atoms with van der Waals surface area (Å²) in [6, 6.07) is 12.8. The van der Waals surface area contributed by atoms with Crippen molar-refractivity contribution in [3.63, 3.8) is 0 Å². The summed E-state index contributed by atoms with van der Waals surface area (Å²) < 4.78 is 0. The highest BCUT2D eigenvalue weighted by molar-refractivity contribution is 6.05. The number of hydrogen-bond donors (Lipinski definition) is 2. The van der Waals surface area contributed by atoms with Gasteiger partial charge in [0.2, 0.25) is 0 Å². The quantitative estimate of drug-likeness (QED) is 0.829. The molecule has 4 nitrogen and oxygen atoms in total. The number of phenolic OH excluding ortho intramolecular Hbond substituents is 1. The molecule has 0 radical (unpaired) electrons. The highest BCUT2D eigenvalue weighted by Gasteiger charge is 2.07. The average Bonchev–Trinajstić information content (AvgIpc) is 2.39. The van der Waals surface area contributed by atoms with Gasteiger partial charge in [0.25, 0.3) is 5.91 Å². The zero-order chi connectivity index (χ0) is 13.8. The predicted octanol–water partition coefficient (Wildman–Crippen LogP) is 2.85. The van der Waals surface area contributed by atoms with Crippen molar-refractivity contribution in [2.45, 2.75) is 6.92 Å². The first-order valence-electron chi connectivity index (χ1n) is 5.77. The highest BCUT2D eigenvalue weighted by Crippen LogP contribution is 2.15. The summed E-state index contributed by atoms with van der Waals surface area (Å²) in [5, 5.41) is 12.0. The van der Waals surface area contributed by atoms with Gasteiger partial charge in [0.15, 0.2) is 5.78 Å². The fraction of sp³-hybridized carbons (Fsp3) is 0.0667. The van der Waals surface area contributed by atoms with E-state index in [1.54, 1.807) is 36.4 Å². The molecule has 0 aliphatic heterocycles. The number of aromatic hydroxyl groups is 1. The molecule has 0 heterocycles. The maximum atomic E-state index is 11.9. The van der Waals surface area contributed by atoms with Gasteiger partial charge >= 0.3 is 0 Å². The van der Waals surface area contributed by atoms with E-state index in [-0.39, 0.29) is 17.4 Å². The van der Waals surface area contributed by atoms with Crippen LogP contribution in [0.15, 0.2) is 48.5 Å². The lowest BCUT2D eigenvalue weighted by molar-refractivity contribution is 0.101. The van der Waals surface area contributed by atoms with Gasteiger partial charge in [-0.15, -0.1) is 0 Å². The van der Waals surface area contributed by atoms with E-state index in [2.05, 4.69) is 5.32 Å². The van der Waals surface area contributed by atoms with Crippen LogP contribution in [0.4, 0.5) is 5.69 Å². The average molecular weight is 255 g/mol. The molecular formula is C15H13NO3. The van der Waals surface area contributed by atoms with Gasteiger partial charge in [0.05, 0.1) is 0 Å². The summed E-state index contributed by atoms with van der Waals surface area (Å²) in [5.41, 5.74) is 1.43. The second kappa shape index (κ2) is 5.35. The summed E-state index contributed by atoms with van der Waals surface area (Å²) in [5.74, 6) is -0.366. The molecule has 0 aliphatic carbocycles. The fourth-order valence-corrected chi connectivity index (χ4v) is 1.67. The van der Waals surface area contributed by atoms with Crippen molar-refractivity contribution in [1.82, 2.24) is 0 Å². The Labute approximate surface area is 110 Å². The van der Waals surface area contributed by atoms with E-state index in [9.17, 15) is 14.7 Å². The smallest absolute Gasteiger partial charge is 0.255 e. The molecule has 0 bridgehead atoms. The predicted molar refractivity (Wildman–Crippen MR) is 72.5 cm³/mol. The summed E-state index contributed by atoms with van der Waals surface area (Å²) in [4.78, 5) is 23.2. The van der Waals surface area contributed by atoms with Crippen molar-refractivity contribution in [1.29, 1.82) is 0 Å². The number of benzene rings is 2. The SMILES string of the molecule is CC(=O)c1cccc(NC(=O)c2cccc(O)c2)c1. The van der Waals surface area contributed by atoms with Crippen molar-refractivity contribution in [3.8, 4) is 5.75 Å². The van der Waals surface area contributed by atoms with Crippen LogP contribution in [0.25, 0.3) is 0 Å². The van der Waals surface area contributed by atoms with Crippen molar-refractivity contribution >= 4 is 17.4 Å². The Balaban J connectivity index is 2.19.